The van der Waals surface area contributed by atoms with E-state index in [0.29, 0.717) is 23.6 Å². The third-order valence-electron chi connectivity index (χ3n) is 3.34. The molecule has 0 aliphatic carbocycles. The van der Waals surface area contributed by atoms with Gasteiger partial charge in [-0.1, -0.05) is 0 Å². The average molecular weight is 273 g/mol. The molecule has 3 nitrogen and oxygen atoms in total. The van der Waals surface area contributed by atoms with Crippen LogP contribution in [0.2, 0.25) is 0 Å². The molecule has 96 valence electrons. The van der Waals surface area contributed by atoms with E-state index in [9.17, 15) is 8.42 Å². The number of hydrogen-bond donors (Lipinski definition) is 1. The molecule has 0 saturated carbocycles. The summed E-state index contributed by atoms with van der Waals surface area (Å²) < 4.78 is 22.7. The normalized spacial score (nSPS) is 22.5. The highest BCUT2D eigenvalue weighted by molar-refractivity contribution is 7.91. The number of sulfone groups is 1. The van der Waals surface area contributed by atoms with Crippen LogP contribution in [0.25, 0.3) is 0 Å². The Morgan fingerprint density at radius 3 is 2.59 bits per heavy atom. The molecule has 0 bridgehead atoms. The number of nitrogens with one attached hydrogen (secondary N) is 1. The summed E-state index contributed by atoms with van der Waals surface area (Å²) >= 11 is 1.77. The van der Waals surface area contributed by atoms with Crippen molar-refractivity contribution in [1.29, 1.82) is 0 Å². The summed E-state index contributed by atoms with van der Waals surface area (Å²) in [7, 11) is -2.75. The van der Waals surface area contributed by atoms with Gasteiger partial charge in [0.2, 0.25) is 0 Å². The fourth-order valence-corrected chi connectivity index (χ4v) is 4.75. The minimum absolute atomic E-state index is 0.320. The fraction of sp³-hybridized carbons (Fsp3) is 0.667. The van der Waals surface area contributed by atoms with Crippen molar-refractivity contribution in [3.8, 4) is 0 Å². The lowest BCUT2D eigenvalue weighted by molar-refractivity contribution is 0.422. The van der Waals surface area contributed by atoms with Gasteiger partial charge >= 0.3 is 0 Å². The van der Waals surface area contributed by atoms with E-state index < -0.39 is 9.84 Å². The second kappa shape index (κ2) is 5.08. The van der Waals surface area contributed by atoms with Crippen molar-refractivity contribution in [2.75, 3.05) is 11.5 Å². The van der Waals surface area contributed by atoms with Crippen LogP contribution in [0.15, 0.2) is 11.4 Å². The van der Waals surface area contributed by atoms with Crippen molar-refractivity contribution in [1.82, 2.24) is 5.32 Å². The Morgan fingerprint density at radius 2 is 2.06 bits per heavy atom. The van der Waals surface area contributed by atoms with Gasteiger partial charge in [-0.05, 0) is 43.7 Å². The first kappa shape index (κ1) is 13.1. The molecule has 1 atom stereocenters. The van der Waals surface area contributed by atoms with E-state index in [1.165, 1.54) is 10.4 Å². The van der Waals surface area contributed by atoms with Gasteiger partial charge in [-0.25, -0.2) is 8.42 Å². The highest BCUT2D eigenvalue weighted by atomic mass is 32.2. The van der Waals surface area contributed by atoms with Crippen LogP contribution in [0, 0.1) is 6.92 Å². The highest BCUT2D eigenvalue weighted by Crippen LogP contribution is 2.25. The van der Waals surface area contributed by atoms with E-state index in [0.717, 1.165) is 12.8 Å². The van der Waals surface area contributed by atoms with Gasteiger partial charge < -0.3 is 5.32 Å². The molecule has 1 fully saturated rings. The first-order chi connectivity index (χ1) is 7.98. The van der Waals surface area contributed by atoms with Gasteiger partial charge in [0.05, 0.1) is 11.5 Å². The standard InChI is InChI=1S/C12H19NO2S2/c1-9-3-6-16-12(9)10(2)13-11-4-7-17(14,15)8-5-11/h3,6,10-11,13H,4-5,7-8H2,1-2H3. The summed E-state index contributed by atoms with van der Waals surface area (Å²) in [5.41, 5.74) is 1.32. The lowest BCUT2D eigenvalue weighted by Gasteiger charge is -2.26. The van der Waals surface area contributed by atoms with E-state index in [1.807, 2.05) is 0 Å². The van der Waals surface area contributed by atoms with Crippen molar-refractivity contribution < 1.29 is 8.42 Å². The molecule has 0 spiro atoms. The Bertz CT molecular complexity index is 464. The van der Waals surface area contributed by atoms with Gasteiger partial charge in [0.1, 0.15) is 9.84 Å². The van der Waals surface area contributed by atoms with Crippen LogP contribution in [0.1, 0.15) is 36.2 Å². The minimum atomic E-state index is -2.75. The molecule has 1 aliphatic heterocycles. The van der Waals surface area contributed by atoms with Crippen LogP contribution in [-0.2, 0) is 9.84 Å². The molecule has 1 aromatic rings. The van der Waals surface area contributed by atoms with Crippen LogP contribution < -0.4 is 5.32 Å². The van der Waals surface area contributed by atoms with Gasteiger partial charge in [-0.15, -0.1) is 11.3 Å². The zero-order chi connectivity index (χ0) is 12.5. The van der Waals surface area contributed by atoms with Crippen LogP contribution in [0.3, 0.4) is 0 Å². The van der Waals surface area contributed by atoms with Gasteiger partial charge in [-0.2, -0.15) is 0 Å². The van der Waals surface area contributed by atoms with Crippen molar-refractivity contribution >= 4 is 21.2 Å². The average Bonchev–Trinajstić information content (AvgIpc) is 2.68. The molecular formula is C12H19NO2S2. The maximum atomic E-state index is 11.3. The van der Waals surface area contributed by atoms with E-state index in [2.05, 4.69) is 30.6 Å². The molecule has 0 radical (unpaired) electrons. The molecule has 1 N–H and O–H groups in total. The largest absolute Gasteiger partial charge is 0.307 e. The van der Waals surface area contributed by atoms with Gasteiger partial charge in [-0.3, -0.25) is 0 Å². The molecule has 17 heavy (non-hydrogen) atoms. The van der Waals surface area contributed by atoms with Crippen LogP contribution in [0.5, 0.6) is 0 Å². The predicted octanol–water partition coefficient (Wildman–Crippen LogP) is 2.28. The number of thiophene rings is 1. The van der Waals surface area contributed by atoms with Crippen LogP contribution in [-0.4, -0.2) is 26.0 Å². The monoisotopic (exact) mass is 273 g/mol. The Labute approximate surface area is 107 Å². The zero-order valence-corrected chi connectivity index (χ0v) is 11.9. The topological polar surface area (TPSA) is 46.2 Å². The van der Waals surface area contributed by atoms with E-state index in [4.69, 9.17) is 0 Å². The smallest absolute Gasteiger partial charge is 0.150 e. The van der Waals surface area contributed by atoms with Crippen molar-refractivity contribution in [2.24, 2.45) is 0 Å². The van der Waals surface area contributed by atoms with Crippen molar-refractivity contribution in [3.63, 3.8) is 0 Å². The van der Waals surface area contributed by atoms with Crippen molar-refractivity contribution in [2.45, 2.75) is 38.8 Å². The second-order valence-corrected chi connectivity index (χ2v) is 8.03. The Balaban J connectivity index is 1.92. The summed E-state index contributed by atoms with van der Waals surface area (Å²) in [6.45, 7) is 4.28. The van der Waals surface area contributed by atoms with E-state index in [1.54, 1.807) is 11.3 Å². The summed E-state index contributed by atoms with van der Waals surface area (Å²) in [6, 6.07) is 2.79. The number of hydrogen-bond acceptors (Lipinski definition) is 4. The zero-order valence-electron chi connectivity index (χ0n) is 10.3. The predicted molar refractivity (Wildman–Crippen MR) is 72.3 cm³/mol. The Hall–Kier alpha value is -0.390. The summed E-state index contributed by atoms with van der Waals surface area (Å²) in [5.74, 6) is 0.668. The van der Waals surface area contributed by atoms with Crippen LogP contribution >= 0.6 is 11.3 Å². The maximum Gasteiger partial charge on any atom is 0.150 e. The molecule has 0 amide bonds. The SMILES string of the molecule is Cc1ccsc1C(C)NC1CCS(=O)(=O)CC1. The minimum Gasteiger partial charge on any atom is -0.307 e. The molecule has 2 rings (SSSR count). The molecular weight excluding hydrogens is 254 g/mol. The number of aryl methyl sites for hydroxylation is 1. The Morgan fingerprint density at radius 1 is 1.41 bits per heavy atom. The van der Waals surface area contributed by atoms with Crippen LogP contribution in [0.4, 0.5) is 0 Å². The molecule has 0 aromatic carbocycles. The van der Waals surface area contributed by atoms with Gasteiger partial charge in [0.15, 0.2) is 0 Å². The fourth-order valence-electron chi connectivity index (χ4n) is 2.31. The third-order valence-corrected chi connectivity index (χ3v) is 6.25. The third kappa shape index (κ3) is 3.30. The maximum absolute atomic E-state index is 11.3. The molecule has 1 aromatic heterocycles. The Kier molecular flexibility index (Phi) is 3.90. The molecule has 1 saturated heterocycles. The van der Waals surface area contributed by atoms with Gasteiger partial charge in [0.25, 0.3) is 0 Å². The highest BCUT2D eigenvalue weighted by Gasteiger charge is 2.25. The lowest BCUT2D eigenvalue weighted by atomic mass is 10.1. The molecule has 5 heteroatoms. The molecule has 2 heterocycles. The van der Waals surface area contributed by atoms with Crippen molar-refractivity contribution in [3.05, 3.63) is 21.9 Å². The molecule has 1 unspecified atom stereocenters. The summed E-state index contributed by atoms with van der Waals surface area (Å²) in [4.78, 5) is 1.36. The lowest BCUT2D eigenvalue weighted by Crippen LogP contribution is -2.38. The van der Waals surface area contributed by atoms with Gasteiger partial charge in [0, 0.05) is 17.0 Å². The van der Waals surface area contributed by atoms with E-state index >= 15 is 0 Å². The first-order valence-corrected chi connectivity index (χ1v) is 8.68. The second-order valence-electron chi connectivity index (χ2n) is 4.78. The first-order valence-electron chi connectivity index (χ1n) is 5.98. The summed E-state index contributed by atoms with van der Waals surface area (Å²) in [6.07, 6.45) is 1.49. The summed E-state index contributed by atoms with van der Waals surface area (Å²) in [5, 5.41) is 5.65. The molecule has 1 aliphatic rings. The quantitative estimate of drug-likeness (QED) is 0.919. The number of rotatable bonds is 3. The van der Waals surface area contributed by atoms with E-state index in [-0.39, 0.29) is 0 Å².